The third kappa shape index (κ3) is 3.57. The van der Waals surface area contributed by atoms with Gasteiger partial charge in [0.25, 0.3) is 5.91 Å². The monoisotopic (exact) mass is 371 g/mol. The van der Waals surface area contributed by atoms with E-state index in [1.54, 1.807) is 6.20 Å². The van der Waals surface area contributed by atoms with Crippen LogP contribution in [-0.2, 0) is 11.2 Å². The predicted octanol–water partition coefficient (Wildman–Crippen LogP) is 2.83. The minimum Gasteiger partial charge on any atom is -0.363 e. The summed E-state index contributed by atoms with van der Waals surface area (Å²) in [4.78, 5) is 20.6. The highest BCUT2D eigenvalue weighted by molar-refractivity contribution is 6.38. The minimum absolute atomic E-state index is 0.155. The highest BCUT2D eigenvalue weighted by Gasteiger charge is 2.29. The summed E-state index contributed by atoms with van der Waals surface area (Å²) < 4.78 is 0. The van der Waals surface area contributed by atoms with E-state index < -0.39 is 5.91 Å². The number of hydrazine groups is 1. The van der Waals surface area contributed by atoms with Crippen LogP contribution in [0.4, 0.5) is 5.69 Å². The number of nitrogens with one attached hydrogen (secondary N) is 1. The third-order valence-electron chi connectivity index (χ3n) is 4.76. The number of aryl methyl sites for hydroxylation is 1. The topological polar surface area (TPSA) is 83.6 Å². The summed E-state index contributed by atoms with van der Waals surface area (Å²) in [6.07, 6.45) is 3.94. The number of carbonyl (C=O) groups excluding carboxylic acids is 1. The van der Waals surface area contributed by atoms with Crippen molar-refractivity contribution in [3.8, 4) is 11.1 Å². The van der Waals surface area contributed by atoms with Crippen LogP contribution in [0.25, 0.3) is 11.1 Å². The van der Waals surface area contributed by atoms with Crippen molar-refractivity contribution in [2.75, 3.05) is 5.01 Å². The van der Waals surface area contributed by atoms with Crippen LogP contribution in [0.3, 0.4) is 0 Å². The molecule has 3 N–H and O–H groups in total. The van der Waals surface area contributed by atoms with Crippen molar-refractivity contribution >= 4 is 17.4 Å². The molecule has 1 aromatic heterocycles. The molecule has 2 heterocycles. The molecule has 0 spiro atoms. The first-order valence-electron chi connectivity index (χ1n) is 9.10. The fraction of sp³-hybridized carbons (Fsp3) is 0.136. The SMILES string of the molecule is Cc1ccccc1-c1cncc(N2NC(C(N)=O)=NC2Cc2ccccc2)c1. The van der Waals surface area contributed by atoms with Gasteiger partial charge in [-0.2, -0.15) is 0 Å². The number of carbonyl (C=O) groups is 1. The molecule has 0 radical (unpaired) electrons. The van der Waals surface area contributed by atoms with Gasteiger partial charge in [0.1, 0.15) is 6.17 Å². The first-order valence-corrected chi connectivity index (χ1v) is 9.10. The zero-order valence-electron chi connectivity index (χ0n) is 15.5. The molecule has 4 rings (SSSR count). The van der Waals surface area contributed by atoms with Gasteiger partial charge in [0.2, 0.25) is 5.84 Å². The number of amidine groups is 1. The maximum Gasteiger partial charge on any atom is 0.285 e. The number of primary amides is 1. The van der Waals surface area contributed by atoms with E-state index in [9.17, 15) is 4.79 Å². The number of aliphatic imine (C=N–C) groups is 1. The normalized spacial score (nSPS) is 15.8. The van der Waals surface area contributed by atoms with Gasteiger partial charge in [-0.3, -0.25) is 20.2 Å². The number of anilines is 1. The van der Waals surface area contributed by atoms with Crippen LogP contribution in [0.15, 0.2) is 78.0 Å². The third-order valence-corrected chi connectivity index (χ3v) is 4.76. The molecule has 0 aliphatic carbocycles. The van der Waals surface area contributed by atoms with E-state index >= 15 is 0 Å². The molecule has 3 aromatic rings. The Bertz CT molecular complexity index is 1030. The zero-order valence-corrected chi connectivity index (χ0v) is 15.5. The summed E-state index contributed by atoms with van der Waals surface area (Å²) in [7, 11) is 0. The second-order valence-corrected chi connectivity index (χ2v) is 6.74. The van der Waals surface area contributed by atoms with Crippen LogP contribution in [0.2, 0.25) is 0 Å². The van der Waals surface area contributed by atoms with Crippen molar-refractivity contribution in [1.82, 2.24) is 10.4 Å². The molecule has 1 aliphatic heterocycles. The van der Waals surface area contributed by atoms with Crippen LogP contribution in [0.5, 0.6) is 0 Å². The van der Waals surface area contributed by atoms with E-state index in [0.29, 0.717) is 6.42 Å². The average molecular weight is 371 g/mol. The van der Waals surface area contributed by atoms with Crippen molar-refractivity contribution in [3.05, 3.63) is 84.2 Å². The summed E-state index contributed by atoms with van der Waals surface area (Å²) in [5.41, 5.74) is 13.7. The Kier molecular flexibility index (Phi) is 4.76. The second kappa shape index (κ2) is 7.52. The van der Waals surface area contributed by atoms with E-state index in [0.717, 1.165) is 22.4 Å². The molecule has 6 heteroatoms. The lowest BCUT2D eigenvalue weighted by atomic mass is 10.0. The fourth-order valence-corrected chi connectivity index (χ4v) is 3.35. The van der Waals surface area contributed by atoms with Crippen molar-refractivity contribution in [3.63, 3.8) is 0 Å². The Morgan fingerprint density at radius 3 is 2.61 bits per heavy atom. The lowest BCUT2D eigenvalue weighted by Gasteiger charge is -2.25. The largest absolute Gasteiger partial charge is 0.363 e. The number of benzene rings is 2. The Labute approximate surface area is 163 Å². The number of nitrogens with two attached hydrogens (primary N) is 1. The Morgan fingerprint density at radius 2 is 1.86 bits per heavy atom. The van der Waals surface area contributed by atoms with Gasteiger partial charge in [0, 0.05) is 18.2 Å². The summed E-state index contributed by atoms with van der Waals surface area (Å²) in [6, 6.07) is 20.2. The van der Waals surface area contributed by atoms with Crippen molar-refractivity contribution in [2.24, 2.45) is 10.7 Å². The summed E-state index contributed by atoms with van der Waals surface area (Å²) in [5.74, 6) is -0.425. The molecule has 1 unspecified atom stereocenters. The van der Waals surface area contributed by atoms with Crippen LogP contribution in [0, 0.1) is 6.92 Å². The number of rotatable bonds is 5. The van der Waals surface area contributed by atoms with Gasteiger partial charge in [0.15, 0.2) is 0 Å². The van der Waals surface area contributed by atoms with Crippen molar-refractivity contribution < 1.29 is 4.79 Å². The van der Waals surface area contributed by atoms with Gasteiger partial charge in [0.05, 0.1) is 11.9 Å². The molecule has 1 atom stereocenters. The smallest absolute Gasteiger partial charge is 0.285 e. The van der Waals surface area contributed by atoms with Gasteiger partial charge >= 0.3 is 0 Å². The molecule has 1 amide bonds. The van der Waals surface area contributed by atoms with E-state index in [-0.39, 0.29) is 12.0 Å². The molecule has 28 heavy (non-hydrogen) atoms. The maximum atomic E-state index is 11.7. The summed E-state index contributed by atoms with van der Waals surface area (Å²) >= 11 is 0. The fourth-order valence-electron chi connectivity index (χ4n) is 3.35. The van der Waals surface area contributed by atoms with Crippen LogP contribution in [0.1, 0.15) is 11.1 Å². The van der Waals surface area contributed by atoms with Crippen LogP contribution < -0.4 is 16.2 Å². The maximum absolute atomic E-state index is 11.7. The number of pyridine rings is 1. The van der Waals surface area contributed by atoms with Crippen molar-refractivity contribution in [1.29, 1.82) is 0 Å². The molecule has 0 bridgehead atoms. The number of aromatic nitrogens is 1. The molecular formula is C22H21N5O. The van der Waals surface area contributed by atoms with Crippen molar-refractivity contribution in [2.45, 2.75) is 19.5 Å². The first kappa shape index (κ1) is 17.7. The molecule has 0 saturated carbocycles. The standard InChI is InChI=1S/C22H21N5O/c1-15-7-5-6-10-19(15)17-12-18(14-24-13-17)27-20(25-22(26-27)21(23)28)11-16-8-3-2-4-9-16/h2-10,12-14,20H,11H2,1H3,(H2,23,28)(H,25,26). The van der Waals surface area contributed by atoms with E-state index in [4.69, 9.17) is 5.73 Å². The minimum atomic E-state index is -0.580. The molecule has 140 valence electrons. The van der Waals surface area contributed by atoms with Crippen LogP contribution >= 0.6 is 0 Å². The Balaban J connectivity index is 1.68. The second-order valence-electron chi connectivity index (χ2n) is 6.74. The molecule has 1 aliphatic rings. The Morgan fingerprint density at radius 1 is 1.11 bits per heavy atom. The lowest BCUT2D eigenvalue weighted by Crippen LogP contribution is -2.45. The van der Waals surface area contributed by atoms with Gasteiger partial charge in [-0.05, 0) is 29.7 Å². The van der Waals surface area contributed by atoms with Crippen LogP contribution in [-0.4, -0.2) is 22.9 Å². The first-order chi connectivity index (χ1) is 13.6. The molecule has 0 fully saturated rings. The number of hydrogen-bond donors (Lipinski definition) is 2. The van der Waals surface area contributed by atoms with Gasteiger partial charge in [-0.1, -0.05) is 54.6 Å². The highest BCUT2D eigenvalue weighted by atomic mass is 16.1. The summed E-state index contributed by atoms with van der Waals surface area (Å²) in [5, 5.41) is 1.85. The predicted molar refractivity (Wildman–Crippen MR) is 111 cm³/mol. The highest BCUT2D eigenvalue weighted by Crippen LogP contribution is 2.28. The average Bonchev–Trinajstić information content (AvgIpc) is 3.13. The number of nitrogens with zero attached hydrogens (tertiary/aromatic N) is 3. The molecule has 2 aromatic carbocycles. The lowest BCUT2D eigenvalue weighted by molar-refractivity contribution is -0.112. The zero-order chi connectivity index (χ0) is 19.5. The van der Waals surface area contributed by atoms with E-state index in [1.807, 2.05) is 59.7 Å². The molecule has 0 saturated heterocycles. The summed E-state index contributed by atoms with van der Waals surface area (Å²) in [6.45, 7) is 2.07. The quantitative estimate of drug-likeness (QED) is 0.722. The number of hydrogen-bond acceptors (Lipinski definition) is 5. The van der Waals surface area contributed by atoms with E-state index in [1.165, 1.54) is 5.56 Å². The number of amides is 1. The van der Waals surface area contributed by atoms with Gasteiger partial charge < -0.3 is 5.73 Å². The molecular weight excluding hydrogens is 350 g/mol. The Hall–Kier alpha value is -3.67. The van der Waals surface area contributed by atoms with E-state index in [2.05, 4.69) is 34.5 Å². The molecule has 6 nitrogen and oxygen atoms in total. The van der Waals surface area contributed by atoms with Gasteiger partial charge in [-0.15, -0.1) is 0 Å². The van der Waals surface area contributed by atoms with Gasteiger partial charge in [-0.25, -0.2) is 4.99 Å².